The Morgan fingerprint density at radius 3 is 2.62 bits per heavy atom. The molecule has 5 nitrogen and oxygen atoms in total. The predicted octanol–water partition coefficient (Wildman–Crippen LogP) is 0.990. The molecule has 82 valence electrons. The minimum atomic E-state index is -0.726. The number of halogens is 1. The number of benzene rings is 1. The Bertz CT molecular complexity index is 533. The molecule has 0 fully saturated rings. The average Bonchev–Trinajstić information content (AvgIpc) is 2.61. The van der Waals surface area contributed by atoms with Crippen LogP contribution in [0.3, 0.4) is 0 Å². The minimum Gasteiger partial charge on any atom is -0.539 e. The summed E-state index contributed by atoms with van der Waals surface area (Å²) in [6, 6.07) is 7.01. The van der Waals surface area contributed by atoms with Crippen molar-refractivity contribution in [1.29, 1.82) is 0 Å². The van der Waals surface area contributed by atoms with Gasteiger partial charge in [0.25, 0.3) is 0 Å². The van der Waals surface area contributed by atoms with Crippen LogP contribution in [0.1, 0.15) is 17.4 Å². The first-order valence-electron chi connectivity index (χ1n) is 4.45. The molecule has 0 aliphatic rings. The third-order valence-electron chi connectivity index (χ3n) is 2.02. The van der Waals surface area contributed by atoms with E-state index < -0.39 is 5.95 Å². The largest absolute Gasteiger partial charge is 0.539 e. The van der Waals surface area contributed by atoms with Crippen LogP contribution < -0.4 is 9.79 Å². The molecule has 2 rings (SSSR count). The number of carbonyl (C=O) groups excluding carboxylic acids is 1. The number of rotatable bonds is 2. The fraction of sp³-hybridized carbons (Fsp3) is 0.100. The lowest BCUT2D eigenvalue weighted by Gasteiger charge is -1.93. The highest BCUT2D eigenvalue weighted by Gasteiger charge is 2.23. The van der Waals surface area contributed by atoms with E-state index in [4.69, 9.17) is 0 Å². The second-order valence-electron chi connectivity index (χ2n) is 3.15. The molecule has 6 heteroatoms. The summed E-state index contributed by atoms with van der Waals surface area (Å²) in [5.41, 5.74) is 0.515. The molecule has 1 heterocycles. The van der Waals surface area contributed by atoms with Gasteiger partial charge in [-0.15, -0.1) is 0 Å². The van der Waals surface area contributed by atoms with Crippen molar-refractivity contribution >= 4 is 21.7 Å². The third kappa shape index (κ3) is 1.83. The Balaban J connectivity index is 2.56. The quantitative estimate of drug-likeness (QED) is 0.608. The van der Waals surface area contributed by atoms with Gasteiger partial charge in [0.1, 0.15) is 0 Å². The highest BCUT2D eigenvalue weighted by molar-refractivity contribution is 9.10. The van der Waals surface area contributed by atoms with E-state index in [9.17, 15) is 9.90 Å². The van der Waals surface area contributed by atoms with E-state index in [0.717, 1.165) is 4.47 Å². The lowest BCUT2D eigenvalue weighted by atomic mass is 10.3. The molecule has 0 bridgehead atoms. The van der Waals surface area contributed by atoms with Crippen molar-refractivity contribution < 1.29 is 19.1 Å². The molecule has 0 spiro atoms. The number of ketones is 1. The molecular formula is C10H7BrN2O3. The van der Waals surface area contributed by atoms with Crippen LogP contribution in [0.25, 0.3) is 5.69 Å². The summed E-state index contributed by atoms with van der Waals surface area (Å²) in [6.45, 7) is 1.29. The van der Waals surface area contributed by atoms with E-state index in [0.29, 0.717) is 5.69 Å². The van der Waals surface area contributed by atoms with Crippen molar-refractivity contribution in [3.8, 4) is 11.6 Å². The fourth-order valence-corrected chi connectivity index (χ4v) is 1.56. The molecule has 2 aromatic rings. The maximum absolute atomic E-state index is 11.3. The number of Topliss-reactive ketones (excluding diaryl/α,β-unsaturated/α-hetero) is 1. The van der Waals surface area contributed by atoms with Gasteiger partial charge in [-0.1, -0.05) is 15.9 Å². The Labute approximate surface area is 99.4 Å². The van der Waals surface area contributed by atoms with E-state index in [2.05, 4.69) is 25.7 Å². The van der Waals surface area contributed by atoms with Crippen LogP contribution in [0, 0.1) is 0 Å². The molecule has 0 atom stereocenters. The first-order valence-corrected chi connectivity index (χ1v) is 5.25. The van der Waals surface area contributed by atoms with Crippen LogP contribution in [-0.2, 0) is 0 Å². The zero-order chi connectivity index (χ0) is 11.7. The van der Waals surface area contributed by atoms with E-state index in [1.54, 1.807) is 24.3 Å². The molecule has 0 aliphatic carbocycles. The topological polar surface area (TPSA) is 70.0 Å². The Hall–Kier alpha value is -1.69. The monoisotopic (exact) mass is 282 g/mol. The molecule has 0 radical (unpaired) electrons. The van der Waals surface area contributed by atoms with Gasteiger partial charge in [0.2, 0.25) is 11.5 Å². The number of hydrogen-bond acceptors (Lipinski definition) is 4. The van der Waals surface area contributed by atoms with Gasteiger partial charge in [-0.3, -0.25) is 4.79 Å². The van der Waals surface area contributed by atoms with Gasteiger partial charge in [-0.2, -0.15) is 0 Å². The zero-order valence-electron chi connectivity index (χ0n) is 8.31. The van der Waals surface area contributed by atoms with Crippen molar-refractivity contribution in [2.75, 3.05) is 0 Å². The predicted molar refractivity (Wildman–Crippen MR) is 55.2 cm³/mol. The molecule has 0 saturated carbocycles. The summed E-state index contributed by atoms with van der Waals surface area (Å²) in [6.07, 6.45) is 0. The van der Waals surface area contributed by atoms with Crippen LogP contribution in [0.4, 0.5) is 0 Å². The minimum absolute atomic E-state index is 0.0812. The van der Waals surface area contributed by atoms with Crippen LogP contribution in [0.15, 0.2) is 33.3 Å². The molecule has 1 aromatic heterocycles. The van der Waals surface area contributed by atoms with Gasteiger partial charge < -0.3 is 9.63 Å². The van der Waals surface area contributed by atoms with Crippen LogP contribution in [0.5, 0.6) is 5.95 Å². The van der Waals surface area contributed by atoms with Gasteiger partial charge in [0.05, 0.1) is 5.27 Å². The highest BCUT2D eigenvalue weighted by atomic mass is 79.9. The second-order valence-corrected chi connectivity index (χ2v) is 4.07. The number of aromatic nitrogens is 2. The standard InChI is InChI=1S/C10H7BrN2O3/c1-6(14)9-10(15)16-12-13(9)8-4-2-7(11)3-5-8/h2-5H,1H3. The third-order valence-corrected chi connectivity index (χ3v) is 2.54. The Kier molecular flexibility index (Phi) is 2.74. The lowest BCUT2D eigenvalue weighted by molar-refractivity contribution is -0.672. The molecule has 0 saturated heterocycles. The summed E-state index contributed by atoms with van der Waals surface area (Å²) in [5.74, 6) is -1.11. The summed E-state index contributed by atoms with van der Waals surface area (Å²) < 4.78 is 6.55. The first kappa shape index (κ1) is 10.8. The van der Waals surface area contributed by atoms with Crippen molar-refractivity contribution in [1.82, 2.24) is 5.27 Å². The van der Waals surface area contributed by atoms with Crippen LogP contribution in [-0.4, -0.2) is 11.1 Å². The smallest absolute Gasteiger partial charge is 0.305 e. The molecule has 0 amide bonds. The molecule has 0 aliphatic heterocycles. The van der Waals surface area contributed by atoms with Gasteiger partial charge in [-0.05, 0) is 16.8 Å². The summed E-state index contributed by atoms with van der Waals surface area (Å²) in [4.78, 5) is 11.3. The van der Waals surface area contributed by atoms with Gasteiger partial charge in [0, 0.05) is 23.5 Å². The van der Waals surface area contributed by atoms with Crippen molar-refractivity contribution in [3.63, 3.8) is 0 Å². The van der Waals surface area contributed by atoms with Gasteiger partial charge >= 0.3 is 5.69 Å². The SMILES string of the molecule is CC(=O)c1c([O-])on[n+]1-c1ccc(Br)cc1. The Morgan fingerprint density at radius 2 is 2.06 bits per heavy atom. The summed E-state index contributed by atoms with van der Waals surface area (Å²) in [7, 11) is 0. The molecule has 1 aromatic carbocycles. The fourth-order valence-electron chi connectivity index (χ4n) is 1.30. The Morgan fingerprint density at radius 1 is 1.44 bits per heavy atom. The van der Waals surface area contributed by atoms with Crippen molar-refractivity contribution in [3.05, 3.63) is 34.4 Å². The zero-order valence-corrected chi connectivity index (χ0v) is 9.89. The number of carbonyl (C=O) groups is 1. The number of nitrogens with zero attached hydrogens (tertiary/aromatic N) is 2. The molecule has 16 heavy (non-hydrogen) atoms. The van der Waals surface area contributed by atoms with E-state index in [1.165, 1.54) is 11.6 Å². The average molecular weight is 283 g/mol. The van der Waals surface area contributed by atoms with Crippen molar-refractivity contribution in [2.45, 2.75) is 6.92 Å². The second kappa shape index (κ2) is 4.05. The van der Waals surface area contributed by atoms with E-state index in [1.807, 2.05) is 0 Å². The summed E-state index contributed by atoms with van der Waals surface area (Å²) in [5, 5.41) is 14.8. The maximum Gasteiger partial charge on any atom is 0.305 e. The van der Waals surface area contributed by atoms with Crippen LogP contribution in [0.2, 0.25) is 0 Å². The van der Waals surface area contributed by atoms with Gasteiger partial charge in [-0.25, -0.2) is 0 Å². The normalized spacial score (nSPS) is 10.4. The van der Waals surface area contributed by atoms with E-state index >= 15 is 0 Å². The first-order chi connectivity index (χ1) is 7.59. The van der Waals surface area contributed by atoms with Gasteiger partial charge in [0.15, 0.2) is 5.95 Å². The van der Waals surface area contributed by atoms with Crippen molar-refractivity contribution in [2.24, 2.45) is 0 Å². The molecule has 0 N–H and O–H groups in total. The molecular weight excluding hydrogens is 276 g/mol. The lowest BCUT2D eigenvalue weighted by Crippen LogP contribution is -2.38. The maximum atomic E-state index is 11.3. The molecule has 0 unspecified atom stereocenters. The number of hydrogen-bond donors (Lipinski definition) is 0. The highest BCUT2D eigenvalue weighted by Crippen LogP contribution is 2.13. The van der Waals surface area contributed by atoms with Crippen LogP contribution >= 0.6 is 15.9 Å². The summed E-state index contributed by atoms with van der Waals surface area (Å²) >= 11 is 3.29. The van der Waals surface area contributed by atoms with E-state index in [-0.39, 0.29) is 11.5 Å².